The van der Waals surface area contributed by atoms with E-state index in [2.05, 4.69) is 4.90 Å². The van der Waals surface area contributed by atoms with Crippen LogP contribution < -0.4 is 0 Å². The molecule has 0 unspecified atom stereocenters. The standard InChI is InChI=1S/C9H16FNO/c10-8-2-1-4-11(6-8)9-3-5-12-7-9/h8-9H,1-7H2/t8-,9+/m1/s1. The topological polar surface area (TPSA) is 12.5 Å². The van der Waals surface area contributed by atoms with Crippen LogP contribution in [-0.2, 0) is 4.74 Å². The zero-order valence-electron chi connectivity index (χ0n) is 7.34. The Morgan fingerprint density at radius 1 is 1.33 bits per heavy atom. The smallest absolute Gasteiger partial charge is 0.113 e. The van der Waals surface area contributed by atoms with Gasteiger partial charge in [-0.25, -0.2) is 4.39 Å². The molecule has 0 saturated carbocycles. The van der Waals surface area contributed by atoms with Crippen molar-refractivity contribution in [2.45, 2.75) is 31.5 Å². The van der Waals surface area contributed by atoms with Crippen LogP contribution in [0.1, 0.15) is 19.3 Å². The molecule has 0 aromatic rings. The molecule has 2 nitrogen and oxygen atoms in total. The van der Waals surface area contributed by atoms with Crippen LogP contribution in [0, 0.1) is 0 Å². The number of nitrogens with zero attached hydrogens (tertiary/aromatic N) is 1. The maximum atomic E-state index is 13.0. The van der Waals surface area contributed by atoms with E-state index in [1.807, 2.05) is 0 Å². The summed E-state index contributed by atoms with van der Waals surface area (Å²) in [5.74, 6) is 0. The highest BCUT2D eigenvalue weighted by atomic mass is 19.1. The number of ether oxygens (including phenoxy) is 1. The van der Waals surface area contributed by atoms with Crippen molar-refractivity contribution in [3.05, 3.63) is 0 Å². The minimum absolute atomic E-state index is 0.503. The second-order valence-electron chi connectivity index (χ2n) is 3.75. The predicted molar refractivity (Wildman–Crippen MR) is 44.9 cm³/mol. The molecular formula is C9H16FNO. The highest BCUT2D eigenvalue weighted by molar-refractivity contribution is 4.81. The lowest BCUT2D eigenvalue weighted by atomic mass is 10.1. The van der Waals surface area contributed by atoms with Crippen molar-refractivity contribution in [1.29, 1.82) is 0 Å². The third kappa shape index (κ3) is 1.77. The Morgan fingerprint density at radius 2 is 2.25 bits per heavy atom. The Hall–Kier alpha value is -0.150. The third-order valence-corrected chi connectivity index (χ3v) is 2.82. The highest BCUT2D eigenvalue weighted by Crippen LogP contribution is 2.19. The molecule has 70 valence electrons. The van der Waals surface area contributed by atoms with E-state index >= 15 is 0 Å². The monoisotopic (exact) mass is 173 g/mol. The van der Waals surface area contributed by atoms with Gasteiger partial charge in [0.15, 0.2) is 0 Å². The molecule has 0 bridgehead atoms. The van der Waals surface area contributed by atoms with Crippen LogP contribution in [0.2, 0.25) is 0 Å². The second-order valence-corrected chi connectivity index (χ2v) is 3.75. The van der Waals surface area contributed by atoms with Gasteiger partial charge in [-0.15, -0.1) is 0 Å². The lowest BCUT2D eigenvalue weighted by Crippen LogP contribution is -2.43. The van der Waals surface area contributed by atoms with Crippen molar-refractivity contribution in [3.63, 3.8) is 0 Å². The van der Waals surface area contributed by atoms with Crippen molar-refractivity contribution in [2.75, 3.05) is 26.3 Å². The van der Waals surface area contributed by atoms with Gasteiger partial charge in [-0.05, 0) is 25.8 Å². The van der Waals surface area contributed by atoms with Gasteiger partial charge < -0.3 is 4.74 Å². The second kappa shape index (κ2) is 3.71. The molecule has 0 aromatic carbocycles. The van der Waals surface area contributed by atoms with E-state index in [1.54, 1.807) is 0 Å². The van der Waals surface area contributed by atoms with Crippen molar-refractivity contribution < 1.29 is 9.13 Å². The van der Waals surface area contributed by atoms with Crippen molar-refractivity contribution in [1.82, 2.24) is 4.90 Å². The van der Waals surface area contributed by atoms with Gasteiger partial charge in [0.25, 0.3) is 0 Å². The summed E-state index contributed by atoms with van der Waals surface area (Å²) < 4.78 is 18.3. The zero-order valence-corrected chi connectivity index (χ0v) is 7.34. The van der Waals surface area contributed by atoms with E-state index in [4.69, 9.17) is 4.74 Å². The Labute approximate surface area is 72.7 Å². The van der Waals surface area contributed by atoms with Crippen molar-refractivity contribution in [2.24, 2.45) is 0 Å². The van der Waals surface area contributed by atoms with Crippen molar-refractivity contribution >= 4 is 0 Å². The molecule has 0 aliphatic carbocycles. The molecule has 0 radical (unpaired) electrons. The predicted octanol–water partition coefficient (Wildman–Crippen LogP) is 1.21. The summed E-state index contributed by atoms with van der Waals surface area (Å²) in [7, 11) is 0. The first-order chi connectivity index (χ1) is 5.86. The van der Waals surface area contributed by atoms with Gasteiger partial charge in [0.05, 0.1) is 6.61 Å². The molecule has 2 saturated heterocycles. The summed E-state index contributed by atoms with van der Waals surface area (Å²) in [5.41, 5.74) is 0. The number of alkyl halides is 1. The molecule has 0 spiro atoms. The quantitative estimate of drug-likeness (QED) is 0.591. The summed E-state index contributed by atoms with van der Waals surface area (Å²) in [5, 5.41) is 0. The Kier molecular flexibility index (Phi) is 2.61. The fraction of sp³-hybridized carbons (Fsp3) is 1.00. The number of hydrogen-bond donors (Lipinski definition) is 0. The maximum absolute atomic E-state index is 13.0. The number of halogens is 1. The molecule has 2 atom stereocenters. The fourth-order valence-electron chi connectivity index (χ4n) is 2.09. The van der Waals surface area contributed by atoms with Gasteiger partial charge in [-0.3, -0.25) is 4.90 Å². The van der Waals surface area contributed by atoms with Gasteiger partial charge in [0.1, 0.15) is 6.17 Å². The lowest BCUT2D eigenvalue weighted by Gasteiger charge is -2.32. The first-order valence-electron chi connectivity index (χ1n) is 4.82. The van der Waals surface area contributed by atoms with E-state index in [-0.39, 0.29) is 0 Å². The SMILES string of the molecule is F[C@@H]1CCCN([C@H]2CCOC2)C1. The number of likely N-dealkylation sites (tertiary alicyclic amines) is 1. The Bertz CT molecular complexity index is 147. The van der Waals surface area contributed by atoms with E-state index in [0.29, 0.717) is 12.6 Å². The van der Waals surface area contributed by atoms with Gasteiger partial charge >= 0.3 is 0 Å². The highest BCUT2D eigenvalue weighted by Gasteiger charge is 2.27. The van der Waals surface area contributed by atoms with Crippen LogP contribution in [0.25, 0.3) is 0 Å². The van der Waals surface area contributed by atoms with E-state index in [0.717, 1.165) is 39.0 Å². The molecule has 2 fully saturated rings. The molecule has 2 aliphatic heterocycles. The average molecular weight is 173 g/mol. The van der Waals surface area contributed by atoms with E-state index in [1.165, 1.54) is 0 Å². The number of hydrogen-bond acceptors (Lipinski definition) is 2. The van der Waals surface area contributed by atoms with E-state index in [9.17, 15) is 4.39 Å². The maximum Gasteiger partial charge on any atom is 0.113 e. The Balaban J connectivity index is 1.85. The molecule has 12 heavy (non-hydrogen) atoms. The summed E-state index contributed by atoms with van der Waals surface area (Å²) in [6.07, 6.45) is 2.26. The Morgan fingerprint density at radius 3 is 2.92 bits per heavy atom. The largest absolute Gasteiger partial charge is 0.380 e. The number of rotatable bonds is 1. The van der Waals surface area contributed by atoms with E-state index < -0.39 is 6.17 Å². The van der Waals surface area contributed by atoms with Crippen LogP contribution in [0.3, 0.4) is 0 Å². The average Bonchev–Trinajstić information content (AvgIpc) is 2.56. The molecule has 2 rings (SSSR count). The summed E-state index contributed by atoms with van der Waals surface area (Å²) in [4.78, 5) is 2.25. The van der Waals surface area contributed by atoms with Crippen LogP contribution in [-0.4, -0.2) is 43.4 Å². The van der Waals surface area contributed by atoms with Gasteiger partial charge in [-0.1, -0.05) is 0 Å². The molecular weight excluding hydrogens is 157 g/mol. The van der Waals surface area contributed by atoms with Crippen LogP contribution >= 0.6 is 0 Å². The molecule has 0 aromatic heterocycles. The van der Waals surface area contributed by atoms with Crippen LogP contribution in [0.4, 0.5) is 4.39 Å². The van der Waals surface area contributed by atoms with Crippen molar-refractivity contribution in [3.8, 4) is 0 Å². The minimum Gasteiger partial charge on any atom is -0.380 e. The molecule has 2 heterocycles. The molecule has 0 N–H and O–H groups in total. The summed E-state index contributed by atoms with van der Waals surface area (Å²) >= 11 is 0. The normalized spacial score (nSPS) is 38.8. The van der Waals surface area contributed by atoms with Gasteiger partial charge in [0, 0.05) is 19.2 Å². The lowest BCUT2D eigenvalue weighted by molar-refractivity contribution is 0.0862. The summed E-state index contributed by atoms with van der Waals surface area (Å²) in [6.45, 7) is 3.37. The summed E-state index contributed by atoms with van der Waals surface area (Å²) in [6, 6.07) is 0.503. The van der Waals surface area contributed by atoms with Gasteiger partial charge in [-0.2, -0.15) is 0 Å². The van der Waals surface area contributed by atoms with Crippen LogP contribution in [0.15, 0.2) is 0 Å². The first-order valence-corrected chi connectivity index (χ1v) is 4.82. The number of piperidine rings is 1. The molecule has 2 aliphatic rings. The van der Waals surface area contributed by atoms with Crippen LogP contribution in [0.5, 0.6) is 0 Å². The third-order valence-electron chi connectivity index (χ3n) is 2.82. The zero-order chi connectivity index (χ0) is 8.39. The minimum atomic E-state index is -0.598. The molecule has 3 heteroatoms. The first kappa shape index (κ1) is 8.45. The fourth-order valence-corrected chi connectivity index (χ4v) is 2.09. The van der Waals surface area contributed by atoms with Gasteiger partial charge in [0.2, 0.25) is 0 Å². The molecule has 0 amide bonds.